The van der Waals surface area contributed by atoms with Crippen LogP contribution in [0.2, 0.25) is 0 Å². The summed E-state index contributed by atoms with van der Waals surface area (Å²) >= 11 is 0. The summed E-state index contributed by atoms with van der Waals surface area (Å²) in [5.74, 6) is -1.85. The zero-order valence-electron chi connectivity index (χ0n) is 9.02. The number of aryl methyl sites for hydroxylation is 1. The monoisotopic (exact) mass is 223 g/mol. The van der Waals surface area contributed by atoms with Crippen molar-refractivity contribution in [2.24, 2.45) is 0 Å². The van der Waals surface area contributed by atoms with Crippen LogP contribution in [0.3, 0.4) is 0 Å². The van der Waals surface area contributed by atoms with Crippen LogP contribution in [0.5, 0.6) is 5.75 Å². The number of amides is 1. The summed E-state index contributed by atoms with van der Waals surface area (Å²) in [6.45, 7) is 3.01. The van der Waals surface area contributed by atoms with Crippen molar-refractivity contribution in [1.29, 1.82) is 0 Å². The molecule has 0 aromatic heterocycles. The lowest BCUT2D eigenvalue weighted by Crippen LogP contribution is -2.38. The van der Waals surface area contributed by atoms with Crippen LogP contribution in [0.25, 0.3) is 0 Å². The lowest BCUT2D eigenvalue weighted by molar-refractivity contribution is -0.138. The number of para-hydroxylation sites is 1. The van der Waals surface area contributed by atoms with Gasteiger partial charge < -0.3 is 15.5 Å². The van der Waals surface area contributed by atoms with Crippen LogP contribution in [-0.2, 0) is 4.79 Å². The molecule has 5 nitrogen and oxygen atoms in total. The molecule has 1 aromatic carbocycles. The Balaban J connectivity index is 2.89. The van der Waals surface area contributed by atoms with Crippen molar-refractivity contribution < 1.29 is 19.8 Å². The largest absolute Gasteiger partial charge is 0.507 e. The van der Waals surface area contributed by atoms with E-state index in [1.54, 1.807) is 19.1 Å². The van der Waals surface area contributed by atoms with Gasteiger partial charge in [-0.15, -0.1) is 0 Å². The Hall–Kier alpha value is -2.04. The normalized spacial score (nSPS) is 11.9. The molecular weight excluding hydrogens is 210 g/mol. The Kier molecular flexibility index (Phi) is 3.50. The van der Waals surface area contributed by atoms with Crippen molar-refractivity contribution in [3.8, 4) is 5.75 Å². The molecule has 0 aliphatic rings. The minimum Gasteiger partial charge on any atom is -0.507 e. The van der Waals surface area contributed by atoms with Gasteiger partial charge in [-0.3, -0.25) is 9.59 Å². The lowest BCUT2D eigenvalue weighted by atomic mass is 10.1. The number of benzene rings is 1. The number of carboxylic acids is 1. The van der Waals surface area contributed by atoms with E-state index in [-0.39, 0.29) is 11.3 Å². The molecule has 1 unspecified atom stereocenters. The maximum atomic E-state index is 11.6. The van der Waals surface area contributed by atoms with Crippen molar-refractivity contribution in [3.05, 3.63) is 29.3 Å². The Morgan fingerprint density at radius 3 is 2.56 bits per heavy atom. The second-order valence-corrected chi connectivity index (χ2v) is 3.50. The highest BCUT2D eigenvalue weighted by atomic mass is 16.4. The summed E-state index contributed by atoms with van der Waals surface area (Å²) in [7, 11) is 0. The molecule has 1 atom stereocenters. The van der Waals surface area contributed by atoms with E-state index in [0.717, 1.165) is 0 Å². The van der Waals surface area contributed by atoms with Crippen molar-refractivity contribution in [2.45, 2.75) is 19.9 Å². The van der Waals surface area contributed by atoms with E-state index >= 15 is 0 Å². The summed E-state index contributed by atoms with van der Waals surface area (Å²) in [5.41, 5.74) is 0.642. The molecular formula is C11H13NO4. The standard InChI is InChI=1S/C11H13NO4/c1-6-4-3-5-8(9(6)13)10(14)12-7(2)11(15)16/h3-5,7,13H,1-2H3,(H,12,14)(H,15,16). The van der Waals surface area contributed by atoms with Crippen molar-refractivity contribution >= 4 is 11.9 Å². The van der Waals surface area contributed by atoms with Crippen molar-refractivity contribution in [3.63, 3.8) is 0 Å². The first-order valence-corrected chi connectivity index (χ1v) is 4.75. The van der Waals surface area contributed by atoms with Gasteiger partial charge in [-0.05, 0) is 25.5 Å². The van der Waals surface area contributed by atoms with E-state index in [1.807, 2.05) is 0 Å². The molecule has 1 rings (SSSR count). The Morgan fingerprint density at radius 1 is 1.38 bits per heavy atom. The molecule has 1 amide bonds. The molecule has 3 N–H and O–H groups in total. The molecule has 0 aliphatic carbocycles. The summed E-state index contributed by atoms with van der Waals surface area (Å²) in [4.78, 5) is 22.1. The Morgan fingerprint density at radius 2 is 2.00 bits per heavy atom. The maximum absolute atomic E-state index is 11.6. The van der Waals surface area contributed by atoms with Crippen LogP contribution in [0.15, 0.2) is 18.2 Å². The summed E-state index contributed by atoms with van der Waals surface area (Å²) in [6.07, 6.45) is 0. The minimum atomic E-state index is -1.12. The fraction of sp³-hybridized carbons (Fsp3) is 0.273. The molecule has 0 saturated heterocycles. The van der Waals surface area contributed by atoms with Gasteiger partial charge in [0.15, 0.2) is 0 Å². The number of aromatic hydroxyl groups is 1. The molecule has 1 aromatic rings. The van der Waals surface area contributed by atoms with Gasteiger partial charge in [-0.1, -0.05) is 12.1 Å². The van der Waals surface area contributed by atoms with E-state index in [9.17, 15) is 14.7 Å². The van der Waals surface area contributed by atoms with E-state index in [4.69, 9.17) is 5.11 Å². The number of aliphatic carboxylic acids is 1. The van der Waals surface area contributed by atoms with Gasteiger partial charge in [0.25, 0.3) is 5.91 Å². The lowest BCUT2D eigenvalue weighted by Gasteiger charge is -2.11. The topological polar surface area (TPSA) is 86.6 Å². The summed E-state index contributed by atoms with van der Waals surface area (Å²) in [6, 6.07) is 3.72. The van der Waals surface area contributed by atoms with Gasteiger partial charge in [-0.2, -0.15) is 0 Å². The Labute approximate surface area is 92.7 Å². The zero-order chi connectivity index (χ0) is 12.3. The molecule has 5 heteroatoms. The van der Waals surface area contributed by atoms with E-state index in [2.05, 4.69) is 5.32 Å². The van der Waals surface area contributed by atoms with Crippen molar-refractivity contribution in [2.75, 3.05) is 0 Å². The van der Waals surface area contributed by atoms with Crippen LogP contribution in [0.4, 0.5) is 0 Å². The van der Waals surface area contributed by atoms with Gasteiger partial charge in [-0.25, -0.2) is 0 Å². The average Bonchev–Trinajstić information content (AvgIpc) is 2.21. The number of hydrogen-bond acceptors (Lipinski definition) is 3. The van der Waals surface area contributed by atoms with E-state index in [0.29, 0.717) is 5.56 Å². The quantitative estimate of drug-likeness (QED) is 0.710. The zero-order valence-corrected chi connectivity index (χ0v) is 9.02. The molecule has 86 valence electrons. The minimum absolute atomic E-state index is 0.0769. The van der Waals surface area contributed by atoms with Gasteiger partial charge in [0.1, 0.15) is 11.8 Å². The highest BCUT2D eigenvalue weighted by molar-refractivity contribution is 5.99. The summed E-state index contributed by atoms with van der Waals surface area (Å²) < 4.78 is 0. The van der Waals surface area contributed by atoms with Crippen LogP contribution in [0, 0.1) is 6.92 Å². The third kappa shape index (κ3) is 2.50. The van der Waals surface area contributed by atoms with Gasteiger partial charge in [0.2, 0.25) is 0 Å². The maximum Gasteiger partial charge on any atom is 0.325 e. The summed E-state index contributed by atoms with van der Waals surface area (Å²) in [5, 5.41) is 20.5. The molecule has 0 aliphatic heterocycles. The molecule has 0 fully saturated rings. The number of hydrogen-bond donors (Lipinski definition) is 3. The van der Waals surface area contributed by atoms with Gasteiger partial charge >= 0.3 is 5.97 Å². The first kappa shape index (κ1) is 12.0. The van der Waals surface area contributed by atoms with Crippen LogP contribution in [-0.4, -0.2) is 28.1 Å². The second-order valence-electron chi connectivity index (χ2n) is 3.50. The fourth-order valence-electron chi connectivity index (χ4n) is 1.18. The smallest absolute Gasteiger partial charge is 0.325 e. The number of carboxylic acid groups (broad SMARTS) is 1. The first-order valence-electron chi connectivity index (χ1n) is 4.75. The predicted octanol–water partition coefficient (Wildman–Crippen LogP) is 0.904. The molecule has 0 saturated carbocycles. The van der Waals surface area contributed by atoms with Crippen LogP contribution >= 0.6 is 0 Å². The van der Waals surface area contributed by atoms with Gasteiger partial charge in [0.05, 0.1) is 5.56 Å². The van der Waals surface area contributed by atoms with Crippen LogP contribution < -0.4 is 5.32 Å². The fourth-order valence-corrected chi connectivity index (χ4v) is 1.18. The number of rotatable bonds is 3. The van der Waals surface area contributed by atoms with Gasteiger partial charge in [0, 0.05) is 0 Å². The number of phenols is 1. The van der Waals surface area contributed by atoms with E-state index in [1.165, 1.54) is 13.0 Å². The third-order valence-electron chi connectivity index (χ3n) is 2.20. The number of carbonyl (C=O) groups is 2. The van der Waals surface area contributed by atoms with E-state index < -0.39 is 17.9 Å². The molecule has 0 radical (unpaired) electrons. The van der Waals surface area contributed by atoms with Crippen molar-refractivity contribution in [1.82, 2.24) is 5.32 Å². The number of nitrogens with one attached hydrogen (secondary N) is 1. The molecule has 0 bridgehead atoms. The molecule has 16 heavy (non-hydrogen) atoms. The third-order valence-corrected chi connectivity index (χ3v) is 2.20. The average molecular weight is 223 g/mol. The SMILES string of the molecule is Cc1cccc(C(=O)NC(C)C(=O)O)c1O. The highest BCUT2D eigenvalue weighted by Gasteiger charge is 2.18. The number of phenolic OH excluding ortho intramolecular Hbond substituents is 1. The highest BCUT2D eigenvalue weighted by Crippen LogP contribution is 2.21. The molecule has 0 spiro atoms. The Bertz CT molecular complexity index is 428. The molecule has 0 heterocycles. The first-order chi connectivity index (χ1) is 7.43. The predicted molar refractivity (Wildman–Crippen MR) is 57.4 cm³/mol. The van der Waals surface area contributed by atoms with Crippen LogP contribution in [0.1, 0.15) is 22.8 Å². The number of carbonyl (C=O) groups excluding carboxylic acids is 1. The second kappa shape index (κ2) is 4.65.